The first-order valence-corrected chi connectivity index (χ1v) is 7.25. The van der Waals surface area contributed by atoms with Gasteiger partial charge in [-0.05, 0) is 31.4 Å². The summed E-state index contributed by atoms with van der Waals surface area (Å²) in [6, 6.07) is 6.22. The summed E-state index contributed by atoms with van der Waals surface area (Å²) in [7, 11) is 1.66. The number of ether oxygens (including phenoxy) is 1. The molecule has 1 aromatic heterocycles. The number of hydrazine groups is 1. The van der Waals surface area contributed by atoms with Crippen LogP contribution in [0.25, 0.3) is 0 Å². The molecule has 5 nitrogen and oxygen atoms in total. The van der Waals surface area contributed by atoms with Crippen LogP contribution in [0.15, 0.2) is 24.4 Å². The summed E-state index contributed by atoms with van der Waals surface area (Å²) >= 11 is 0. The molecule has 2 rings (SSSR count). The first kappa shape index (κ1) is 15.5. The smallest absolute Gasteiger partial charge is 0.161 e. The molecule has 2 aromatic rings. The molecule has 0 spiro atoms. The number of hydrogen-bond acceptors (Lipinski definition) is 4. The average molecular weight is 288 g/mol. The van der Waals surface area contributed by atoms with Gasteiger partial charge in [0.25, 0.3) is 0 Å². The van der Waals surface area contributed by atoms with Gasteiger partial charge in [0.15, 0.2) is 5.75 Å². The molecule has 0 amide bonds. The van der Waals surface area contributed by atoms with Crippen molar-refractivity contribution in [3.05, 3.63) is 46.8 Å². The Kier molecular flexibility index (Phi) is 4.98. The van der Waals surface area contributed by atoms with Gasteiger partial charge in [-0.1, -0.05) is 30.7 Å². The minimum absolute atomic E-state index is 0.144. The zero-order valence-electron chi connectivity index (χ0n) is 13.2. The molecule has 5 heteroatoms. The standard InChI is InChI=1S/C16H24N4O/c1-5-8-20-16(14(21-4)10-18-20)15(19-17)13-7-6-11(2)9-12(13)3/h6-7,9-10,15,19H,5,8,17H2,1-4H3. The number of aromatic nitrogens is 2. The van der Waals surface area contributed by atoms with Crippen LogP contribution in [0, 0.1) is 13.8 Å². The van der Waals surface area contributed by atoms with E-state index in [1.807, 2.05) is 4.68 Å². The Balaban J connectivity index is 2.52. The van der Waals surface area contributed by atoms with Gasteiger partial charge in [-0.3, -0.25) is 10.5 Å². The van der Waals surface area contributed by atoms with E-state index < -0.39 is 0 Å². The predicted octanol–water partition coefficient (Wildman–Crippen LogP) is 2.47. The highest BCUT2D eigenvalue weighted by atomic mass is 16.5. The molecular weight excluding hydrogens is 264 g/mol. The summed E-state index contributed by atoms with van der Waals surface area (Å²) in [6.07, 6.45) is 2.75. The van der Waals surface area contributed by atoms with Crippen LogP contribution in [0.3, 0.4) is 0 Å². The van der Waals surface area contributed by atoms with Crippen LogP contribution >= 0.6 is 0 Å². The first-order chi connectivity index (χ1) is 10.1. The Bertz CT molecular complexity index is 606. The van der Waals surface area contributed by atoms with Crippen LogP contribution in [0.1, 0.15) is 41.8 Å². The summed E-state index contributed by atoms with van der Waals surface area (Å²) in [5.74, 6) is 6.60. The molecule has 0 saturated carbocycles. The molecular formula is C16H24N4O. The lowest BCUT2D eigenvalue weighted by Crippen LogP contribution is -2.31. The summed E-state index contributed by atoms with van der Waals surface area (Å²) in [5, 5.41) is 4.41. The van der Waals surface area contributed by atoms with Crippen molar-refractivity contribution in [1.82, 2.24) is 15.2 Å². The van der Waals surface area contributed by atoms with E-state index in [1.165, 1.54) is 11.1 Å². The van der Waals surface area contributed by atoms with E-state index in [-0.39, 0.29) is 6.04 Å². The van der Waals surface area contributed by atoms with E-state index >= 15 is 0 Å². The monoisotopic (exact) mass is 288 g/mol. The fourth-order valence-electron chi connectivity index (χ4n) is 2.68. The Morgan fingerprint density at radius 3 is 2.71 bits per heavy atom. The largest absolute Gasteiger partial charge is 0.493 e. The number of methoxy groups -OCH3 is 1. The zero-order valence-corrected chi connectivity index (χ0v) is 13.2. The van der Waals surface area contributed by atoms with Gasteiger partial charge < -0.3 is 4.74 Å². The van der Waals surface area contributed by atoms with Gasteiger partial charge in [-0.25, -0.2) is 5.43 Å². The molecule has 114 valence electrons. The Labute approximate surface area is 126 Å². The summed E-state index contributed by atoms with van der Waals surface area (Å²) in [5.41, 5.74) is 7.45. The lowest BCUT2D eigenvalue weighted by molar-refractivity contribution is 0.398. The number of nitrogens with zero attached hydrogens (tertiary/aromatic N) is 2. The van der Waals surface area contributed by atoms with Crippen LogP contribution in [0.5, 0.6) is 5.75 Å². The second-order valence-corrected chi connectivity index (χ2v) is 5.28. The lowest BCUT2D eigenvalue weighted by atomic mass is 9.97. The molecule has 21 heavy (non-hydrogen) atoms. The number of rotatable bonds is 6. The fraction of sp³-hybridized carbons (Fsp3) is 0.438. The highest BCUT2D eigenvalue weighted by Crippen LogP contribution is 2.31. The summed E-state index contributed by atoms with van der Waals surface area (Å²) < 4.78 is 7.42. The van der Waals surface area contributed by atoms with E-state index in [2.05, 4.69) is 49.5 Å². The molecule has 3 N–H and O–H groups in total. The van der Waals surface area contributed by atoms with Crippen molar-refractivity contribution in [1.29, 1.82) is 0 Å². The van der Waals surface area contributed by atoms with Gasteiger partial charge >= 0.3 is 0 Å². The van der Waals surface area contributed by atoms with Crippen molar-refractivity contribution in [3.63, 3.8) is 0 Å². The fourth-order valence-corrected chi connectivity index (χ4v) is 2.68. The highest BCUT2D eigenvalue weighted by Gasteiger charge is 2.23. The van der Waals surface area contributed by atoms with Crippen LogP contribution in [-0.2, 0) is 6.54 Å². The zero-order chi connectivity index (χ0) is 15.4. The van der Waals surface area contributed by atoms with Gasteiger partial charge in [0, 0.05) is 6.54 Å². The van der Waals surface area contributed by atoms with E-state index in [0.29, 0.717) is 0 Å². The maximum absolute atomic E-state index is 5.84. The second kappa shape index (κ2) is 6.74. The van der Waals surface area contributed by atoms with Crippen molar-refractivity contribution < 1.29 is 4.74 Å². The van der Waals surface area contributed by atoms with Crippen molar-refractivity contribution >= 4 is 0 Å². The Morgan fingerprint density at radius 1 is 1.38 bits per heavy atom. The maximum Gasteiger partial charge on any atom is 0.161 e. The number of hydrogen-bond donors (Lipinski definition) is 2. The normalized spacial score (nSPS) is 12.4. The number of nitrogens with two attached hydrogens (primary N) is 1. The maximum atomic E-state index is 5.84. The van der Waals surface area contributed by atoms with Gasteiger partial charge in [0.1, 0.15) is 5.69 Å². The molecule has 0 radical (unpaired) electrons. The van der Waals surface area contributed by atoms with Crippen LogP contribution < -0.4 is 16.0 Å². The quantitative estimate of drug-likeness (QED) is 0.633. The number of benzene rings is 1. The van der Waals surface area contributed by atoms with Gasteiger partial charge in [0.2, 0.25) is 0 Å². The summed E-state index contributed by atoms with van der Waals surface area (Å²) in [4.78, 5) is 0. The summed E-state index contributed by atoms with van der Waals surface area (Å²) in [6.45, 7) is 7.14. The predicted molar refractivity (Wildman–Crippen MR) is 84.2 cm³/mol. The topological polar surface area (TPSA) is 65.1 Å². The van der Waals surface area contributed by atoms with E-state index in [9.17, 15) is 0 Å². The molecule has 0 aliphatic rings. The van der Waals surface area contributed by atoms with Crippen LogP contribution in [0.2, 0.25) is 0 Å². The van der Waals surface area contributed by atoms with Gasteiger partial charge in [0.05, 0.1) is 19.3 Å². The lowest BCUT2D eigenvalue weighted by Gasteiger charge is -2.21. The third kappa shape index (κ3) is 3.09. The minimum atomic E-state index is -0.144. The molecule has 1 unspecified atom stereocenters. The van der Waals surface area contributed by atoms with Crippen molar-refractivity contribution in [3.8, 4) is 5.75 Å². The molecule has 0 bridgehead atoms. The SMILES string of the molecule is CCCn1ncc(OC)c1C(NN)c1ccc(C)cc1C. The van der Waals surface area contributed by atoms with E-state index in [1.54, 1.807) is 13.3 Å². The molecule has 1 atom stereocenters. The molecule has 0 aliphatic carbocycles. The van der Waals surface area contributed by atoms with Gasteiger partial charge in [-0.2, -0.15) is 5.10 Å². The van der Waals surface area contributed by atoms with Crippen molar-refractivity contribution in [2.24, 2.45) is 5.84 Å². The molecule has 0 aliphatic heterocycles. The third-order valence-electron chi connectivity index (χ3n) is 3.68. The number of nitrogens with one attached hydrogen (secondary N) is 1. The van der Waals surface area contributed by atoms with Crippen molar-refractivity contribution in [2.45, 2.75) is 39.8 Å². The van der Waals surface area contributed by atoms with Crippen molar-refractivity contribution in [2.75, 3.05) is 7.11 Å². The van der Waals surface area contributed by atoms with Crippen LogP contribution in [-0.4, -0.2) is 16.9 Å². The Morgan fingerprint density at radius 2 is 2.14 bits per heavy atom. The highest BCUT2D eigenvalue weighted by molar-refractivity contribution is 5.41. The molecule has 0 saturated heterocycles. The average Bonchev–Trinajstić information content (AvgIpc) is 2.85. The molecule has 0 fully saturated rings. The van der Waals surface area contributed by atoms with E-state index in [4.69, 9.17) is 10.6 Å². The van der Waals surface area contributed by atoms with Crippen LogP contribution in [0.4, 0.5) is 0 Å². The first-order valence-electron chi connectivity index (χ1n) is 7.25. The third-order valence-corrected chi connectivity index (χ3v) is 3.68. The van der Waals surface area contributed by atoms with Gasteiger partial charge in [-0.15, -0.1) is 0 Å². The molecule has 1 heterocycles. The Hall–Kier alpha value is -1.85. The second-order valence-electron chi connectivity index (χ2n) is 5.28. The number of aryl methyl sites for hydroxylation is 3. The van der Waals surface area contributed by atoms with E-state index in [0.717, 1.165) is 30.0 Å². The molecule has 1 aromatic carbocycles. The minimum Gasteiger partial charge on any atom is -0.493 e.